The molecule has 0 saturated carbocycles. The van der Waals surface area contributed by atoms with Gasteiger partial charge in [0.25, 0.3) is 5.91 Å². The predicted octanol–water partition coefficient (Wildman–Crippen LogP) is 3.76. The Morgan fingerprint density at radius 2 is 1.39 bits per heavy atom. The van der Waals surface area contributed by atoms with Crippen LogP contribution < -0.4 is 4.90 Å². The lowest BCUT2D eigenvalue weighted by Gasteiger charge is -2.34. The number of carbonyl (C=O) groups is 1. The lowest BCUT2D eigenvalue weighted by atomic mass is 10.0. The number of rotatable bonds is 4. The lowest BCUT2D eigenvalue weighted by Crippen LogP contribution is -2.49. The number of benzene rings is 2. The molecule has 4 aromatic rings. The van der Waals surface area contributed by atoms with Crippen molar-refractivity contribution in [3.63, 3.8) is 0 Å². The number of amides is 1. The Bertz CT molecular complexity index is 1160. The molecule has 0 unspecified atom stereocenters. The van der Waals surface area contributed by atoms with Gasteiger partial charge >= 0.3 is 0 Å². The number of nitrogens with zero attached hydrogens (tertiary/aromatic N) is 5. The van der Waals surface area contributed by atoms with E-state index in [9.17, 15) is 4.79 Å². The number of piperazine rings is 1. The third kappa shape index (κ3) is 3.90. The second kappa shape index (κ2) is 8.39. The summed E-state index contributed by atoms with van der Waals surface area (Å²) >= 11 is 0. The molecule has 1 aliphatic heterocycles. The lowest BCUT2D eigenvalue weighted by molar-refractivity contribution is 0.0714. The third-order valence-corrected chi connectivity index (χ3v) is 5.35. The molecule has 2 aromatic carbocycles. The molecule has 0 atom stereocenters. The highest BCUT2D eigenvalue weighted by Crippen LogP contribution is 2.29. The third-order valence-electron chi connectivity index (χ3n) is 5.35. The zero-order valence-corrected chi connectivity index (χ0v) is 16.9. The fraction of sp³-hybridized carbons (Fsp3) is 0.167. The van der Waals surface area contributed by atoms with Gasteiger partial charge in [0.05, 0.1) is 6.26 Å². The monoisotopic (exact) mass is 411 g/mol. The Morgan fingerprint density at radius 3 is 2.00 bits per heavy atom. The molecule has 1 aliphatic rings. The van der Waals surface area contributed by atoms with E-state index >= 15 is 0 Å². The van der Waals surface area contributed by atoms with Crippen molar-refractivity contribution in [2.24, 2.45) is 0 Å². The van der Waals surface area contributed by atoms with Gasteiger partial charge in [-0.3, -0.25) is 4.79 Å². The summed E-state index contributed by atoms with van der Waals surface area (Å²) < 4.78 is 5.24. The van der Waals surface area contributed by atoms with E-state index in [1.54, 1.807) is 17.0 Å². The van der Waals surface area contributed by atoms with Gasteiger partial charge in [0.1, 0.15) is 11.4 Å². The minimum atomic E-state index is -0.0897. The van der Waals surface area contributed by atoms with Gasteiger partial charge in [-0.25, -0.2) is 4.98 Å². The van der Waals surface area contributed by atoms with Crippen LogP contribution in [0.15, 0.2) is 83.5 Å². The first-order valence-electron chi connectivity index (χ1n) is 10.2. The van der Waals surface area contributed by atoms with E-state index in [1.807, 2.05) is 60.7 Å². The number of hydrogen-bond donors (Lipinski definition) is 0. The molecule has 0 radical (unpaired) electrons. The maximum atomic E-state index is 12.5. The Balaban J connectivity index is 1.41. The van der Waals surface area contributed by atoms with Crippen LogP contribution in [-0.4, -0.2) is 52.2 Å². The summed E-state index contributed by atoms with van der Waals surface area (Å²) in [5, 5.41) is 8.97. The average molecular weight is 411 g/mol. The van der Waals surface area contributed by atoms with Crippen LogP contribution in [0.2, 0.25) is 0 Å². The van der Waals surface area contributed by atoms with Gasteiger partial charge < -0.3 is 14.2 Å². The minimum absolute atomic E-state index is 0.0897. The molecule has 1 saturated heterocycles. The normalized spacial score (nSPS) is 13.9. The van der Waals surface area contributed by atoms with Crippen LogP contribution in [0.25, 0.3) is 22.5 Å². The molecule has 0 spiro atoms. The molecule has 1 fully saturated rings. The first kappa shape index (κ1) is 19.0. The van der Waals surface area contributed by atoms with Crippen LogP contribution in [0, 0.1) is 0 Å². The highest BCUT2D eigenvalue weighted by molar-refractivity contribution is 5.91. The van der Waals surface area contributed by atoms with Crippen molar-refractivity contribution in [1.29, 1.82) is 0 Å². The molecule has 0 N–H and O–H groups in total. The van der Waals surface area contributed by atoms with Gasteiger partial charge in [-0.2, -0.15) is 0 Å². The van der Waals surface area contributed by atoms with E-state index < -0.39 is 0 Å². The van der Waals surface area contributed by atoms with Gasteiger partial charge in [-0.15, -0.1) is 10.2 Å². The smallest absolute Gasteiger partial charge is 0.289 e. The van der Waals surface area contributed by atoms with E-state index in [-0.39, 0.29) is 5.91 Å². The summed E-state index contributed by atoms with van der Waals surface area (Å²) in [4.78, 5) is 21.3. The largest absolute Gasteiger partial charge is 0.459 e. The fourth-order valence-corrected chi connectivity index (χ4v) is 3.70. The molecule has 0 bridgehead atoms. The van der Waals surface area contributed by atoms with E-state index in [4.69, 9.17) is 9.40 Å². The maximum absolute atomic E-state index is 12.5. The first-order chi connectivity index (χ1) is 15.3. The molecule has 7 heteroatoms. The number of anilines is 1. The van der Waals surface area contributed by atoms with Crippen molar-refractivity contribution in [3.8, 4) is 22.5 Å². The van der Waals surface area contributed by atoms with Crippen LogP contribution in [0.3, 0.4) is 0 Å². The molecule has 7 nitrogen and oxygen atoms in total. The second-order valence-electron chi connectivity index (χ2n) is 7.30. The number of furan rings is 1. The van der Waals surface area contributed by atoms with E-state index in [0.717, 1.165) is 22.5 Å². The van der Waals surface area contributed by atoms with Crippen molar-refractivity contribution < 1.29 is 9.21 Å². The molecule has 31 heavy (non-hydrogen) atoms. The van der Waals surface area contributed by atoms with Crippen LogP contribution >= 0.6 is 0 Å². The van der Waals surface area contributed by atoms with Gasteiger partial charge in [0.15, 0.2) is 5.76 Å². The SMILES string of the molecule is O=C(c1ccco1)N1CCN(c2nnc(-c3ccccc3)c(-c3ccccc3)n2)CC1. The Morgan fingerprint density at radius 1 is 0.742 bits per heavy atom. The maximum Gasteiger partial charge on any atom is 0.289 e. The quantitative estimate of drug-likeness (QED) is 0.509. The van der Waals surface area contributed by atoms with Crippen LogP contribution in [0.4, 0.5) is 5.95 Å². The van der Waals surface area contributed by atoms with Crippen molar-refractivity contribution in [1.82, 2.24) is 20.1 Å². The standard InChI is InChI=1S/C24H21N5O2/c30-23(20-12-7-17-31-20)28-13-15-29(16-14-28)24-25-21(18-8-3-1-4-9-18)22(26-27-24)19-10-5-2-6-11-19/h1-12,17H,13-16H2. The average Bonchev–Trinajstić information content (AvgIpc) is 3.40. The predicted molar refractivity (Wildman–Crippen MR) is 118 cm³/mol. The van der Waals surface area contributed by atoms with Gasteiger partial charge in [0.2, 0.25) is 5.95 Å². The Hall–Kier alpha value is -4.00. The van der Waals surface area contributed by atoms with Crippen molar-refractivity contribution in [2.75, 3.05) is 31.1 Å². The summed E-state index contributed by atoms with van der Waals surface area (Å²) in [5.74, 6) is 0.849. The minimum Gasteiger partial charge on any atom is -0.459 e. The molecular formula is C24H21N5O2. The fourth-order valence-electron chi connectivity index (χ4n) is 3.70. The second-order valence-corrected chi connectivity index (χ2v) is 7.30. The van der Waals surface area contributed by atoms with Crippen molar-refractivity contribution in [2.45, 2.75) is 0 Å². The highest BCUT2D eigenvalue weighted by Gasteiger charge is 2.26. The molecule has 0 aliphatic carbocycles. The van der Waals surface area contributed by atoms with Crippen LogP contribution in [0.5, 0.6) is 0 Å². The molecule has 5 rings (SSSR count). The summed E-state index contributed by atoms with van der Waals surface area (Å²) in [6.45, 7) is 2.41. The molecule has 3 heterocycles. The van der Waals surface area contributed by atoms with Gasteiger partial charge in [0, 0.05) is 37.3 Å². The summed E-state index contributed by atoms with van der Waals surface area (Å²) in [5.41, 5.74) is 3.51. The first-order valence-corrected chi connectivity index (χ1v) is 10.2. The number of carbonyl (C=O) groups excluding carboxylic acids is 1. The molecule has 2 aromatic heterocycles. The van der Waals surface area contributed by atoms with E-state index in [1.165, 1.54) is 6.26 Å². The molecule has 1 amide bonds. The van der Waals surface area contributed by atoms with Gasteiger partial charge in [-0.05, 0) is 12.1 Å². The zero-order chi connectivity index (χ0) is 21.0. The van der Waals surface area contributed by atoms with E-state index in [2.05, 4.69) is 15.1 Å². The zero-order valence-electron chi connectivity index (χ0n) is 16.9. The number of hydrogen-bond acceptors (Lipinski definition) is 6. The molecule has 154 valence electrons. The number of aromatic nitrogens is 3. The Labute approximate surface area is 180 Å². The Kier molecular flexibility index (Phi) is 5.14. The van der Waals surface area contributed by atoms with Crippen LogP contribution in [-0.2, 0) is 0 Å². The van der Waals surface area contributed by atoms with Crippen molar-refractivity contribution >= 4 is 11.9 Å². The van der Waals surface area contributed by atoms with Crippen molar-refractivity contribution in [3.05, 3.63) is 84.8 Å². The summed E-state index contributed by atoms with van der Waals surface area (Å²) in [7, 11) is 0. The highest BCUT2D eigenvalue weighted by atomic mass is 16.3. The summed E-state index contributed by atoms with van der Waals surface area (Å²) in [6.07, 6.45) is 1.52. The van der Waals surface area contributed by atoms with E-state index in [0.29, 0.717) is 37.9 Å². The molecular weight excluding hydrogens is 390 g/mol. The van der Waals surface area contributed by atoms with Crippen LogP contribution in [0.1, 0.15) is 10.6 Å². The topological polar surface area (TPSA) is 75.4 Å². The van der Waals surface area contributed by atoms with Gasteiger partial charge in [-0.1, -0.05) is 60.7 Å². The summed E-state index contributed by atoms with van der Waals surface area (Å²) in [6, 6.07) is 23.4.